The number of hydrogen-bond acceptors (Lipinski definition) is 3. The normalized spacial score (nSPS) is 12.2. The first-order valence-electron chi connectivity index (χ1n) is 5.90. The zero-order chi connectivity index (χ0) is 12.8. The highest BCUT2D eigenvalue weighted by molar-refractivity contribution is 5.73. The molecule has 4 heteroatoms. The van der Waals surface area contributed by atoms with Crippen LogP contribution >= 0.6 is 0 Å². The second-order valence-electron chi connectivity index (χ2n) is 3.99. The van der Waals surface area contributed by atoms with Gasteiger partial charge in [-0.15, -0.1) is 0 Å². The summed E-state index contributed by atoms with van der Waals surface area (Å²) < 4.78 is 0. The van der Waals surface area contributed by atoms with Gasteiger partial charge in [-0.1, -0.05) is 12.1 Å². The molecule has 0 saturated heterocycles. The summed E-state index contributed by atoms with van der Waals surface area (Å²) in [5.74, 6) is -0.960. The molecule has 0 fully saturated rings. The number of aliphatic carboxylic acids is 1. The molecule has 0 aliphatic heterocycles. The van der Waals surface area contributed by atoms with Gasteiger partial charge < -0.3 is 15.7 Å². The summed E-state index contributed by atoms with van der Waals surface area (Å²) >= 11 is 0. The minimum Gasteiger partial charge on any atom is -0.480 e. The van der Waals surface area contributed by atoms with Crippen LogP contribution in [0.5, 0.6) is 0 Å². The van der Waals surface area contributed by atoms with Crippen LogP contribution in [0, 0.1) is 0 Å². The van der Waals surface area contributed by atoms with Gasteiger partial charge in [0.2, 0.25) is 0 Å². The Hall–Kier alpha value is -1.55. The molecule has 1 rings (SSSR count). The molecule has 4 nitrogen and oxygen atoms in total. The van der Waals surface area contributed by atoms with Gasteiger partial charge in [-0.25, -0.2) is 0 Å². The summed E-state index contributed by atoms with van der Waals surface area (Å²) in [7, 11) is 0. The van der Waals surface area contributed by atoms with Crippen molar-refractivity contribution in [2.75, 3.05) is 18.0 Å². The Morgan fingerprint density at radius 2 is 2.06 bits per heavy atom. The lowest BCUT2D eigenvalue weighted by Gasteiger charge is -2.21. The maximum atomic E-state index is 10.7. The van der Waals surface area contributed by atoms with E-state index in [1.54, 1.807) is 0 Å². The lowest BCUT2D eigenvalue weighted by Crippen LogP contribution is -2.32. The number of benzene rings is 1. The van der Waals surface area contributed by atoms with Gasteiger partial charge in [0.05, 0.1) is 0 Å². The summed E-state index contributed by atoms with van der Waals surface area (Å²) in [6.45, 7) is 6.06. The largest absolute Gasteiger partial charge is 0.480 e. The van der Waals surface area contributed by atoms with Gasteiger partial charge in [0, 0.05) is 18.8 Å². The topological polar surface area (TPSA) is 66.6 Å². The molecular formula is C13H20N2O2. The molecule has 0 radical (unpaired) electrons. The van der Waals surface area contributed by atoms with Gasteiger partial charge in [0.1, 0.15) is 6.04 Å². The first-order chi connectivity index (χ1) is 8.08. The number of carboxylic acid groups (broad SMARTS) is 1. The second kappa shape index (κ2) is 6.25. The van der Waals surface area contributed by atoms with Crippen molar-refractivity contribution in [1.29, 1.82) is 0 Å². The molecule has 94 valence electrons. The Bertz CT molecular complexity index is 375. The minimum atomic E-state index is -0.960. The maximum absolute atomic E-state index is 10.7. The van der Waals surface area contributed by atoms with Gasteiger partial charge in [-0.3, -0.25) is 4.79 Å². The molecule has 0 bridgehead atoms. The second-order valence-corrected chi connectivity index (χ2v) is 3.99. The first kappa shape index (κ1) is 13.5. The monoisotopic (exact) mass is 236 g/mol. The number of carbonyl (C=O) groups is 1. The summed E-state index contributed by atoms with van der Waals surface area (Å²) in [5, 5.41) is 8.78. The molecule has 0 aliphatic carbocycles. The third-order valence-electron chi connectivity index (χ3n) is 2.81. The summed E-state index contributed by atoms with van der Waals surface area (Å²) in [6.07, 6.45) is 0.366. The molecule has 17 heavy (non-hydrogen) atoms. The standard InChI is InChI=1S/C13H20N2O2/c1-3-15(4-2)11-7-5-6-10(8-11)9-12(14)13(16)17/h5-8,12H,3-4,9,14H2,1-2H3,(H,16,17). The average Bonchev–Trinajstić information content (AvgIpc) is 2.31. The van der Waals surface area contributed by atoms with Crippen LogP contribution in [-0.4, -0.2) is 30.2 Å². The third kappa shape index (κ3) is 3.75. The fraction of sp³-hybridized carbons (Fsp3) is 0.462. The lowest BCUT2D eigenvalue weighted by molar-refractivity contribution is -0.138. The minimum absolute atomic E-state index is 0.366. The molecule has 0 saturated carbocycles. The van der Waals surface area contributed by atoms with Crippen molar-refractivity contribution in [2.45, 2.75) is 26.3 Å². The smallest absolute Gasteiger partial charge is 0.320 e. The van der Waals surface area contributed by atoms with E-state index in [0.29, 0.717) is 6.42 Å². The maximum Gasteiger partial charge on any atom is 0.320 e. The van der Waals surface area contributed by atoms with Gasteiger partial charge in [-0.2, -0.15) is 0 Å². The van der Waals surface area contributed by atoms with Gasteiger partial charge >= 0.3 is 5.97 Å². The predicted molar refractivity (Wildman–Crippen MR) is 69.3 cm³/mol. The predicted octanol–water partition coefficient (Wildman–Crippen LogP) is 1.49. The van der Waals surface area contributed by atoms with Crippen LogP contribution in [-0.2, 0) is 11.2 Å². The van der Waals surface area contributed by atoms with Crippen LogP contribution in [0.25, 0.3) is 0 Å². The van der Waals surface area contributed by atoms with Crippen molar-refractivity contribution in [1.82, 2.24) is 0 Å². The Morgan fingerprint density at radius 1 is 1.41 bits per heavy atom. The number of anilines is 1. The molecule has 1 unspecified atom stereocenters. The quantitative estimate of drug-likeness (QED) is 0.785. The number of nitrogens with two attached hydrogens (primary N) is 1. The van der Waals surface area contributed by atoms with E-state index in [-0.39, 0.29) is 0 Å². The highest BCUT2D eigenvalue weighted by Gasteiger charge is 2.12. The van der Waals surface area contributed by atoms with Crippen LogP contribution in [0.1, 0.15) is 19.4 Å². The molecule has 0 spiro atoms. The van der Waals surface area contributed by atoms with Crippen LogP contribution < -0.4 is 10.6 Å². The van der Waals surface area contributed by atoms with Crippen molar-refractivity contribution in [3.8, 4) is 0 Å². The Morgan fingerprint density at radius 3 is 2.59 bits per heavy atom. The highest BCUT2D eigenvalue weighted by atomic mass is 16.4. The zero-order valence-electron chi connectivity index (χ0n) is 10.4. The van der Waals surface area contributed by atoms with Crippen molar-refractivity contribution in [3.05, 3.63) is 29.8 Å². The SMILES string of the molecule is CCN(CC)c1cccc(CC(N)C(=O)O)c1. The van der Waals surface area contributed by atoms with Crippen molar-refractivity contribution in [3.63, 3.8) is 0 Å². The molecule has 3 N–H and O–H groups in total. The summed E-state index contributed by atoms with van der Waals surface area (Å²) in [4.78, 5) is 12.9. The molecule has 0 aromatic heterocycles. The number of carboxylic acids is 1. The van der Waals surface area contributed by atoms with Gasteiger partial charge in [-0.05, 0) is 38.0 Å². The van der Waals surface area contributed by atoms with Gasteiger partial charge in [0.25, 0.3) is 0 Å². The Labute approximate surface area is 102 Å². The van der Waals surface area contributed by atoms with E-state index in [9.17, 15) is 4.79 Å². The van der Waals surface area contributed by atoms with Crippen LogP contribution in [0.4, 0.5) is 5.69 Å². The van der Waals surface area contributed by atoms with Crippen LogP contribution in [0.3, 0.4) is 0 Å². The third-order valence-corrected chi connectivity index (χ3v) is 2.81. The molecule has 0 aliphatic rings. The zero-order valence-corrected chi connectivity index (χ0v) is 10.4. The van der Waals surface area contributed by atoms with E-state index in [0.717, 1.165) is 24.3 Å². The van der Waals surface area contributed by atoms with E-state index in [4.69, 9.17) is 10.8 Å². The van der Waals surface area contributed by atoms with E-state index < -0.39 is 12.0 Å². The Kier molecular flexibility index (Phi) is 4.97. The highest BCUT2D eigenvalue weighted by Crippen LogP contribution is 2.16. The van der Waals surface area contributed by atoms with Crippen LogP contribution in [0.15, 0.2) is 24.3 Å². The van der Waals surface area contributed by atoms with Crippen molar-refractivity contribution >= 4 is 11.7 Å². The number of hydrogen-bond donors (Lipinski definition) is 2. The van der Waals surface area contributed by atoms with E-state index >= 15 is 0 Å². The summed E-state index contributed by atoms with van der Waals surface area (Å²) in [6, 6.07) is 7.06. The summed E-state index contributed by atoms with van der Waals surface area (Å²) in [5.41, 5.74) is 7.60. The fourth-order valence-electron chi connectivity index (χ4n) is 1.81. The lowest BCUT2D eigenvalue weighted by atomic mass is 10.1. The van der Waals surface area contributed by atoms with E-state index in [1.807, 2.05) is 24.3 Å². The van der Waals surface area contributed by atoms with Crippen molar-refractivity contribution in [2.24, 2.45) is 5.73 Å². The Balaban J connectivity index is 2.82. The molecule has 1 atom stereocenters. The van der Waals surface area contributed by atoms with Crippen LogP contribution in [0.2, 0.25) is 0 Å². The molecule has 1 aromatic rings. The molecule has 0 heterocycles. The fourth-order valence-corrected chi connectivity index (χ4v) is 1.81. The molecular weight excluding hydrogens is 216 g/mol. The van der Waals surface area contributed by atoms with Gasteiger partial charge in [0.15, 0.2) is 0 Å². The average molecular weight is 236 g/mol. The van der Waals surface area contributed by atoms with Crippen molar-refractivity contribution < 1.29 is 9.90 Å². The first-order valence-corrected chi connectivity index (χ1v) is 5.90. The van der Waals surface area contributed by atoms with E-state index in [2.05, 4.69) is 18.7 Å². The molecule has 0 amide bonds. The number of nitrogens with zero attached hydrogens (tertiary/aromatic N) is 1. The molecule has 1 aromatic carbocycles. The number of rotatable bonds is 6. The van der Waals surface area contributed by atoms with E-state index in [1.165, 1.54) is 0 Å².